The molecule has 0 spiro atoms. The van der Waals surface area contributed by atoms with E-state index in [0.29, 0.717) is 33.5 Å². The Morgan fingerprint density at radius 1 is 0.929 bits per heavy atom. The Hall–Kier alpha value is -3.18. The number of benzene rings is 3. The summed E-state index contributed by atoms with van der Waals surface area (Å²) >= 11 is 5.99. The standard InChI is InChI=1S/C22H20ClNO4/c1-26-20-11-10-15(22(25)24-19-8-3-4-9-21(19)27-2)12-16(20)14-28-18-7-5-6-17(23)13-18/h3-13H,14H2,1-2H3,(H,24,25). The summed E-state index contributed by atoms with van der Waals surface area (Å²) in [6, 6.07) is 19.6. The maximum absolute atomic E-state index is 12.7. The van der Waals surface area contributed by atoms with Crippen LogP contribution in [-0.2, 0) is 6.61 Å². The van der Waals surface area contributed by atoms with Crippen molar-refractivity contribution < 1.29 is 19.0 Å². The molecule has 3 rings (SSSR count). The van der Waals surface area contributed by atoms with Crippen molar-refractivity contribution in [3.63, 3.8) is 0 Å². The molecule has 0 saturated carbocycles. The Labute approximate surface area is 168 Å². The number of methoxy groups -OCH3 is 2. The van der Waals surface area contributed by atoms with Crippen LogP contribution in [0.3, 0.4) is 0 Å². The van der Waals surface area contributed by atoms with Crippen molar-refractivity contribution in [1.29, 1.82) is 0 Å². The lowest BCUT2D eigenvalue weighted by Crippen LogP contribution is -2.13. The van der Waals surface area contributed by atoms with Gasteiger partial charge in [0.15, 0.2) is 0 Å². The molecule has 0 unspecified atom stereocenters. The van der Waals surface area contributed by atoms with Gasteiger partial charge in [0.2, 0.25) is 0 Å². The maximum Gasteiger partial charge on any atom is 0.255 e. The van der Waals surface area contributed by atoms with E-state index < -0.39 is 0 Å². The third kappa shape index (κ3) is 4.75. The molecule has 3 aromatic rings. The second-order valence-corrected chi connectivity index (χ2v) is 6.36. The zero-order chi connectivity index (χ0) is 19.9. The molecular weight excluding hydrogens is 378 g/mol. The van der Waals surface area contributed by atoms with Gasteiger partial charge < -0.3 is 19.5 Å². The monoisotopic (exact) mass is 397 g/mol. The molecular formula is C22H20ClNO4. The topological polar surface area (TPSA) is 56.8 Å². The number of ether oxygens (including phenoxy) is 3. The summed E-state index contributed by atoms with van der Waals surface area (Å²) in [4.78, 5) is 12.7. The van der Waals surface area contributed by atoms with Crippen molar-refractivity contribution in [1.82, 2.24) is 0 Å². The summed E-state index contributed by atoms with van der Waals surface area (Å²) in [6.07, 6.45) is 0. The number of anilines is 1. The van der Waals surface area contributed by atoms with E-state index in [4.69, 9.17) is 25.8 Å². The molecule has 0 saturated heterocycles. The first-order valence-electron chi connectivity index (χ1n) is 8.60. The van der Waals surface area contributed by atoms with Crippen molar-refractivity contribution in [2.24, 2.45) is 0 Å². The average Bonchev–Trinajstić information content (AvgIpc) is 2.72. The van der Waals surface area contributed by atoms with Crippen LogP contribution in [0.4, 0.5) is 5.69 Å². The largest absolute Gasteiger partial charge is 0.496 e. The summed E-state index contributed by atoms with van der Waals surface area (Å²) in [5.74, 6) is 1.61. The van der Waals surface area contributed by atoms with Crippen LogP contribution in [0.15, 0.2) is 66.7 Å². The fourth-order valence-electron chi connectivity index (χ4n) is 2.69. The lowest BCUT2D eigenvalue weighted by Gasteiger charge is -2.13. The number of amides is 1. The molecule has 0 bridgehead atoms. The molecule has 0 aliphatic heterocycles. The van der Waals surface area contributed by atoms with Crippen LogP contribution in [0.5, 0.6) is 17.2 Å². The molecule has 0 heterocycles. The van der Waals surface area contributed by atoms with Crippen molar-refractivity contribution in [2.45, 2.75) is 6.61 Å². The number of carbonyl (C=O) groups excluding carboxylic acids is 1. The lowest BCUT2D eigenvalue weighted by atomic mass is 10.1. The molecule has 0 aliphatic carbocycles. The molecule has 0 atom stereocenters. The minimum atomic E-state index is -0.254. The highest BCUT2D eigenvalue weighted by Crippen LogP contribution is 2.26. The molecule has 1 amide bonds. The lowest BCUT2D eigenvalue weighted by molar-refractivity contribution is 0.102. The first kappa shape index (κ1) is 19.6. The number of halogens is 1. The first-order chi connectivity index (χ1) is 13.6. The highest BCUT2D eigenvalue weighted by Gasteiger charge is 2.13. The van der Waals surface area contributed by atoms with Gasteiger partial charge in [-0.25, -0.2) is 0 Å². The van der Waals surface area contributed by atoms with Crippen LogP contribution in [0, 0.1) is 0 Å². The van der Waals surface area contributed by atoms with Gasteiger partial charge >= 0.3 is 0 Å². The molecule has 0 aliphatic rings. The minimum absolute atomic E-state index is 0.235. The summed E-state index contributed by atoms with van der Waals surface area (Å²) in [5, 5.41) is 3.45. The molecule has 0 fully saturated rings. The van der Waals surface area contributed by atoms with Gasteiger partial charge in [-0.1, -0.05) is 29.8 Å². The van der Waals surface area contributed by atoms with Crippen molar-refractivity contribution in [3.8, 4) is 17.2 Å². The molecule has 3 aromatic carbocycles. The van der Waals surface area contributed by atoms with Gasteiger partial charge in [-0.05, 0) is 48.5 Å². The molecule has 5 nitrogen and oxygen atoms in total. The minimum Gasteiger partial charge on any atom is -0.496 e. The molecule has 144 valence electrons. The zero-order valence-electron chi connectivity index (χ0n) is 15.6. The number of carbonyl (C=O) groups is 1. The van der Waals surface area contributed by atoms with E-state index in [1.807, 2.05) is 24.3 Å². The number of para-hydroxylation sites is 2. The fraction of sp³-hybridized carbons (Fsp3) is 0.136. The van der Waals surface area contributed by atoms with E-state index in [1.54, 1.807) is 56.7 Å². The van der Waals surface area contributed by atoms with Crippen LogP contribution >= 0.6 is 11.6 Å². The first-order valence-corrected chi connectivity index (χ1v) is 8.98. The maximum atomic E-state index is 12.7. The fourth-order valence-corrected chi connectivity index (χ4v) is 2.87. The summed E-state index contributed by atoms with van der Waals surface area (Å²) in [7, 11) is 3.14. The zero-order valence-corrected chi connectivity index (χ0v) is 16.3. The van der Waals surface area contributed by atoms with E-state index in [0.717, 1.165) is 5.56 Å². The second-order valence-electron chi connectivity index (χ2n) is 5.93. The van der Waals surface area contributed by atoms with Crippen LogP contribution in [0.2, 0.25) is 5.02 Å². The van der Waals surface area contributed by atoms with Gasteiger partial charge in [-0.3, -0.25) is 4.79 Å². The molecule has 0 radical (unpaired) electrons. The van der Waals surface area contributed by atoms with Crippen LogP contribution in [0.1, 0.15) is 15.9 Å². The van der Waals surface area contributed by atoms with Gasteiger partial charge in [0, 0.05) is 16.1 Å². The van der Waals surface area contributed by atoms with Crippen LogP contribution in [-0.4, -0.2) is 20.1 Å². The second kappa shape index (κ2) is 9.15. The Morgan fingerprint density at radius 3 is 2.46 bits per heavy atom. The normalized spacial score (nSPS) is 10.2. The Kier molecular flexibility index (Phi) is 6.40. The van der Waals surface area contributed by atoms with E-state index >= 15 is 0 Å². The van der Waals surface area contributed by atoms with Gasteiger partial charge in [0.05, 0.1) is 19.9 Å². The summed E-state index contributed by atoms with van der Waals surface area (Å²) in [5.41, 5.74) is 1.83. The van der Waals surface area contributed by atoms with E-state index in [2.05, 4.69) is 5.32 Å². The van der Waals surface area contributed by atoms with Gasteiger partial charge in [0.25, 0.3) is 5.91 Å². The highest BCUT2D eigenvalue weighted by molar-refractivity contribution is 6.30. The molecule has 6 heteroatoms. The third-order valence-corrected chi connectivity index (χ3v) is 4.32. The van der Waals surface area contributed by atoms with E-state index in [1.165, 1.54) is 0 Å². The van der Waals surface area contributed by atoms with Crippen LogP contribution in [0.25, 0.3) is 0 Å². The molecule has 1 N–H and O–H groups in total. The number of nitrogens with one attached hydrogen (secondary N) is 1. The van der Waals surface area contributed by atoms with Crippen molar-refractivity contribution >= 4 is 23.2 Å². The quantitative estimate of drug-likeness (QED) is 0.596. The Morgan fingerprint density at radius 2 is 1.71 bits per heavy atom. The molecule has 0 aromatic heterocycles. The predicted octanol–water partition coefficient (Wildman–Crippen LogP) is 5.19. The van der Waals surface area contributed by atoms with Crippen molar-refractivity contribution in [3.05, 3.63) is 82.9 Å². The van der Waals surface area contributed by atoms with E-state index in [-0.39, 0.29) is 12.5 Å². The van der Waals surface area contributed by atoms with Gasteiger partial charge in [0.1, 0.15) is 23.9 Å². The summed E-state index contributed by atoms with van der Waals surface area (Å²) < 4.78 is 16.5. The molecule has 28 heavy (non-hydrogen) atoms. The Balaban J connectivity index is 1.78. The van der Waals surface area contributed by atoms with Crippen molar-refractivity contribution in [2.75, 3.05) is 19.5 Å². The third-order valence-electron chi connectivity index (χ3n) is 4.09. The van der Waals surface area contributed by atoms with E-state index in [9.17, 15) is 4.79 Å². The number of hydrogen-bond acceptors (Lipinski definition) is 4. The van der Waals surface area contributed by atoms with Crippen LogP contribution < -0.4 is 19.5 Å². The summed E-state index contributed by atoms with van der Waals surface area (Å²) in [6.45, 7) is 0.235. The van der Waals surface area contributed by atoms with Gasteiger partial charge in [-0.2, -0.15) is 0 Å². The highest BCUT2D eigenvalue weighted by atomic mass is 35.5. The smallest absolute Gasteiger partial charge is 0.255 e. The average molecular weight is 398 g/mol. The van der Waals surface area contributed by atoms with Gasteiger partial charge in [-0.15, -0.1) is 0 Å². The predicted molar refractivity (Wildman–Crippen MR) is 110 cm³/mol. The SMILES string of the molecule is COc1ccc(C(=O)Nc2ccccc2OC)cc1COc1cccc(Cl)c1. The number of hydrogen-bond donors (Lipinski definition) is 1. The Bertz CT molecular complexity index is 974. The number of rotatable bonds is 7.